The van der Waals surface area contributed by atoms with E-state index in [0.29, 0.717) is 0 Å². The minimum atomic E-state index is 0.253. The van der Waals surface area contributed by atoms with Crippen LogP contribution in [0.2, 0.25) is 0 Å². The fraction of sp³-hybridized carbons (Fsp3) is 0.250. The van der Waals surface area contributed by atoms with Crippen molar-refractivity contribution in [2.24, 2.45) is 0 Å². The molecule has 0 fully saturated rings. The van der Waals surface area contributed by atoms with Crippen LogP contribution in [0.15, 0.2) is 57.9 Å². The third-order valence-corrected chi connectivity index (χ3v) is 5.23. The summed E-state index contributed by atoms with van der Waals surface area (Å²) in [6.45, 7) is 0. The number of halogens is 1. The highest BCUT2D eigenvalue weighted by Crippen LogP contribution is 2.32. The summed E-state index contributed by atoms with van der Waals surface area (Å²) in [4.78, 5) is 1.25. The van der Waals surface area contributed by atoms with Gasteiger partial charge in [0.1, 0.15) is 5.75 Å². The Labute approximate surface area is 133 Å². The van der Waals surface area contributed by atoms with Gasteiger partial charge in [-0.3, -0.25) is 0 Å². The third kappa shape index (κ3) is 3.78. The zero-order valence-electron chi connectivity index (χ0n) is 11.6. The first-order chi connectivity index (χ1) is 9.76. The number of nitrogens with one attached hydrogen (secondary N) is 1. The minimum absolute atomic E-state index is 0.253. The SMILES string of the molecule is CNC(CSc1ccccc1Br)c1ccccc1OC. The Bertz CT molecular complexity index is 562. The molecular formula is C16H18BrNOS. The highest BCUT2D eigenvalue weighted by Gasteiger charge is 2.14. The smallest absolute Gasteiger partial charge is 0.123 e. The molecule has 0 aliphatic carbocycles. The third-order valence-electron chi connectivity index (χ3n) is 3.10. The zero-order chi connectivity index (χ0) is 14.4. The molecule has 2 rings (SSSR count). The molecule has 106 valence electrons. The summed E-state index contributed by atoms with van der Waals surface area (Å²) in [6.07, 6.45) is 0. The summed E-state index contributed by atoms with van der Waals surface area (Å²) in [5.74, 6) is 1.87. The lowest BCUT2D eigenvalue weighted by atomic mass is 10.1. The van der Waals surface area contributed by atoms with Crippen LogP contribution in [0.3, 0.4) is 0 Å². The second-order valence-electron chi connectivity index (χ2n) is 4.32. The topological polar surface area (TPSA) is 21.3 Å². The van der Waals surface area contributed by atoms with Gasteiger partial charge in [-0.05, 0) is 41.2 Å². The fourth-order valence-corrected chi connectivity index (χ4v) is 3.72. The minimum Gasteiger partial charge on any atom is -0.496 e. The Balaban J connectivity index is 2.11. The van der Waals surface area contributed by atoms with Crippen molar-refractivity contribution in [3.05, 3.63) is 58.6 Å². The molecule has 0 saturated heterocycles. The molecule has 0 amide bonds. The predicted molar refractivity (Wildman–Crippen MR) is 89.7 cm³/mol. The first-order valence-electron chi connectivity index (χ1n) is 6.43. The Morgan fingerprint density at radius 2 is 1.85 bits per heavy atom. The van der Waals surface area contributed by atoms with Crippen molar-refractivity contribution in [1.82, 2.24) is 5.32 Å². The molecule has 2 aromatic carbocycles. The summed E-state index contributed by atoms with van der Waals surface area (Å²) >= 11 is 5.42. The van der Waals surface area contributed by atoms with Gasteiger partial charge in [0.25, 0.3) is 0 Å². The van der Waals surface area contributed by atoms with Crippen LogP contribution in [0.5, 0.6) is 5.75 Å². The van der Waals surface area contributed by atoms with Gasteiger partial charge in [-0.1, -0.05) is 30.3 Å². The van der Waals surface area contributed by atoms with Crippen LogP contribution in [0.4, 0.5) is 0 Å². The van der Waals surface area contributed by atoms with Crippen LogP contribution in [0.25, 0.3) is 0 Å². The van der Waals surface area contributed by atoms with Crippen molar-refractivity contribution >= 4 is 27.7 Å². The summed E-state index contributed by atoms with van der Waals surface area (Å²) in [7, 11) is 3.70. The van der Waals surface area contributed by atoms with Gasteiger partial charge >= 0.3 is 0 Å². The summed E-state index contributed by atoms with van der Waals surface area (Å²) in [5.41, 5.74) is 1.19. The van der Waals surface area contributed by atoms with Crippen molar-refractivity contribution in [2.45, 2.75) is 10.9 Å². The standard InChI is InChI=1S/C16H18BrNOS/c1-18-14(12-7-3-5-9-15(12)19-2)11-20-16-10-6-4-8-13(16)17/h3-10,14,18H,11H2,1-2H3. The Morgan fingerprint density at radius 1 is 1.15 bits per heavy atom. The first kappa shape index (κ1) is 15.4. The lowest BCUT2D eigenvalue weighted by molar-refractivity contribution is 0.404. The molecule has 0 radical (unpaired) electrons. The van der Waals surface area contributed by atoms with Gasteiger partial charge in [-0.15, -0.1) is 11.8 Å². The number of hydrogen-bond donors (Lipinski definition) is 1. The van der Waals surface area contributed by atoms with Crippen LogP contribution in [0.1, 0.15) is 11.6 Å². The molecule has 0 heterocycles. The van der Waals surface area contributed by atoms with Gasteiger partial charge in [0.2, 0.25) is 0 Å². The largest absolute Gasteiger partial charge is 0.496 e. The van der Waals surface area contributed by atoms with E-state index in [0.717, 1.165) is 16.0 Å². The van der Waals surface area contributed by atoms with Gasteiger partial charge in [0, 0.05) is 26.7 Å². The lowest BCUT2D eigenvalue weighted by Crippen LogP contribution is -2.19. The van der Waals surface area contributed by atoms with Crippen molar-refractivity contribution in [2.75, 3.05) is 19.9 Å². The molecule has 2 nitrogen and oxygen atoms in total. The summed E-state index contributed by atoms with van der Waals surface area (Å²) in [5, 5.41) is 3.37. The monoisotopic (exact) mass is 351 g/mol. The number of hydrogen-bond acceptors (Lipinski definition) is 3. The second-order valence-corrected chi connectivity index (χ2v) is 6.24. The van der Waals surface area contributed by atoms with Crippen LogP contribution in [-0.4, -0.2) is 19.9 Å². The lowest BCUT2D eigenvalue weighted by Gasteiger charge is -2.19. The average Bonchev–Trinajstić information content (AvgIpc) is 2.50. The summed E-state index contributed by atoms with van der Waals surface area (Å²) < 4.78 is 6.58. The molecule has 20 heavy (non-hydrogen) atoms. The maximum absolute atomic E-state index is 5.45. The number of benzene rings is 2. The van der Waals surface area contributed by atoms with Gasteiger partial charge in [-0.2, -0.15) is 0 Å². The van der Waals surface area contributed by atoms with Crippen LogP contribution in [-0.2, 0) is 0 Å². The van der Waals surface area contributed by atoms with E-state index in [1.165, 1.54) is 10.5 Å². The van der Waals surface area contributed by atoms with Gasteiger partial charge in [0.15, 0.2) is 0 Å². The highest BCUT2D eigenvalue weighted by atomic mass is 79.9. The summed E-state index contributed by atoms with van der Waals surface area (Å²) in [6, 6.07) is 16.7. The maximum atomic E-state index is 5.45. The van der Waals surface area contributed by atoms with E-state index in [2.05, 4.69) is 45.5 Å². The number of rotatable bonds is 6. The molecule has 0 aliphatic heterocycles. The van der Waals surface area contributed by atoms with Crippen LogP contribution in [0, 0.1) is 0 Å². The van der Waals surface area contributed by atoms with E-state index >= 15 is 0 Å². The molecule has 2 aromatic rings. The van der Waals surface area contributed by atoms with E-state index in [1.54, 1.807) is 7.11 Å². The Kier molecular flexibility index (Phi) is 5.95. The van der Waals surface area contributed by atoms with E-state index in [4.69, 9.17) is 4.74 Å². The van der Waals surface area contributed by atoms with Gasteiger partial charge in [0.05, 0.1) is 7.11 Å². The molecular weight excluding hydrogens is 334 g/mol. The average molecular weight is 352 g/mol. The molecule has 0 spiro atoms. The van der Waals surface area contributed by atoms with Crippen molar-refractivity contribution in [1.29, 1.82) is 0 Å². The quantitative estimate of drug-likeness (QED) is 0.773. The van der Waals surface area contributed by atoms with Gasteiger partial charge < -0.3 is 10.1 Å². The van der Waals surface area contributed by atoms with Crippen LogP contribution >= 0.6 is 27.7 Å². The molecule has 1 unspecified atom stereocenters. The van der Waals surface area contributed by atoms with Crippen molar-refractivity contribution in [3.8, 4) is 5.75 Å². The second kappa shape index (κ2) is 7.72. The van der Waals surface area contributed by atoms with Crippen LogP contribution < -0.4 is 10.1 Å². The predicted octanol–water partition coefficient (Wildman–Crippen LogP) is 4.51. The van der Waals surface area contributed by atoms with E-state index in [1.807, 2.05) is 43.1 Å². The Hall–Kier alpha value is -0.970. The Morgan fingerprint density at radius 3 is 2.55 bits per heavy atom. The molecule has 4 heteroatoms. The number of methoxy groups -OCH3 is 1. The fourth-order valence-electron chi connectivity index (χ4n) is 2.02. The van der Waals surface area contributed by atoms with Gasteiger partial charge in [-0.25, -0.2) is 0 Å². The zero-order valence-corrected chi connectivity index (χ0v) is 14.0. The molecule has 0 saturated carbocycles. The maximum Gasteiger partial charge on any atom is 0.123 e. The molecule has 0 bridgehead atoms. The molecule has 0 aromatic heterocycles. The number of thioether (sulfide) groups is 1. The first-order valence-corrected chi connectivity index (χ1v) is 8.21. The molecule has 0 aliphatic rings. The van der Waals surface area contributed by atoms with E-state index in [9.17, 15) is 0 Å². The molecule has 1 N–H and O–H groups in total. The van der Waals surface area contributed by atoms with E-state index < -0.39 is 0 Å². The highest BCUT2D eigenvalue weighted by molar-refractivity contribution is 9.10. The number of ether oxygens (including phenoxy) is 1. The van der Waals surface area contributed by atoms with Crippen molar-refractivity contribution in [3.63, 3.8) is 0 Å². The normalized spacial score (nSPS) is 12.2. The molecule has 1 atom stereocenters. The number of para-hydroxylation sites is 1. The van der Waals surface area contributed by atoms with Crippen molar-refractivity contribution < 1.29 is 4.74 Å². The van der Waals surface area contributed by atoms with E-state index in [-0.39, 0.29) is 6.04 Å².